The molecule has 5 nitrogen and oxygen atoms in total. The Morgan fingerprint density at radius 1 is 1.32 bits per heavy atom. The van der Waals surface area contributed by atoms with Crippen molar-refractivity contribution < 1.29 is 17.9 Å². The van der Waals surface area contributed by atoms with E-state index in [1.54, 1.807) is 31.2 Å². The second kappa shape index (κ2) is 7.58. The van der Waals surface area contributed by atoms with E-state index >= 15 is 0 Å². The average Bonchev–Trinajstić information content (AvgIpc) is 2.90. The molecule has 1 aromatic heterocycles. The normalized spacial score (nSPS) is 12.8. The van der Waals surface area contributed by atoms with Gasteiger partial charge in [-0.3, -0.25) is 14.6 Å². The molecule has 0 saturated heterocycles. The van der Waals surface area contributed by atoms with Crippen LogP contribution < -0.4 is 10.3 Å². The van der Waals surface area contributed by atoms with Gasteiger partial charge in [-0.05, 0) is 36.2 Å². The van der Waals surface area contributed by atoms with Gasteiger partial charge in [0.15, 0.2) is 0 Å². The molecule has 0 amide bonds. The summed E-state index contributed by atoms with van der Waals surface area (Å²) in [6.07, 6.45) is -3.15. The highest BCUT2D eigenvalue weighted by Crippen LogP contribution is 2.30. The Labute approximate surface area is 142 Å². The Kier molecular flexibility index (Phi) is 5.71. The van der Waals surface area contributed by atoms with Crippen LogP contribution in [0.4, 0.5) is 13.2 Å². The van der Waals surface area contributed by atoms with Crippen molar-refractivity contribution in [3.8, 4) is 5.75 Å². The predicted molar refractivity (Wildman–Crippen MR) is 88.4 cm³/mol. The van der Waals surface area contributed by atoms with E-state index in [0.717, 1.165) is 4.68 Å². The third-order valence-electron chi connectivity index (χ3n) is 3.97. The highest BCUT2D eigenvalue weighted by molar-refractivity contribution is 5.55. The summed E-state index contributed by atoms with van der Waals surface area (Å²) in [7, 11) is 1.50. The Morgan fingerprint density at radius 3 is 2.48 bits per heavy atom. The van der Waals surface area contributed by atoms with Crippen LogP contribution in [0.15, 0.2) is 29.1 Å². The third-order valence-corrected chi connectivity index (χ3v) is 3.97. The van der Waals surface area contributed by atoms with Gasteiger partial charge in [-0.2, -0.15) is 13.2 Å². The van der Waals surface area contributed by atoms with E-state index in [1.807, 2.05) is 0 Å². The Bertz CT molecular complexity index is 776. The molecule has 0 aliphatic rings. The molecule has 0 aliphatic carbocycles. The van der Waals surface area contributed by atoms with Crippen LogP contribution in [0.25, 0.3) is 0 Å². The van der Waals surface area contributed by atoms with Crippen molar-refractivity contribution in [1.82, 2.24) is 9.78 Å². The van der Waals surface area contributed by atoms with Crippen LogP contribution in [0.5, 0.6) is 5.75 Å². The SMILES string of the molecule is COc1ccc(Cc2c(C(F)(F)F)[nH]n(CCC(C)C=N)c2=O)cc1. The fraction of sp³-hybridized carbons (Fsp3) is 0.412. The van der Waals surface area contributed by atoms with Crippen molar-refractivity contribution in [3.63, 3.8) is 0 Å². The molecule has 136 valence electrons. The van der Waals surface area contributed by atoms with Crippen molar-refractivity contribution in [1.29, 1.82) is 5.41 Å². The molecule has 2 rings (SSSR count). The van der Waals surface area contributed by atoms with Gasteiger partial charge >= 0.3 is 6.18 Å². The standard InChI is InChI=1S/C17H20F3N3O2/c1-11(10-21)7-8-23-16(24)14(15(22-23)17(18,19)20)9-12-3-5-13(25-2)6-4-12/h3-6,10-11,21-22H,7-9H2,1-2H3. The van der Waals surface area contributed by atoms with Gasteiger partial charge in [-0.25, -0.2) is 0 Å². The van der Waals surface area contributed by atoms with Crippen LogP contribution in [0.1, 0.15) is 30.2 Å². The number of hydrogen-bond donors (Lipinski definition) is 2. The molecule has 1 aromatic carbocycles. The quantitative estimate of drug-likeness (QED) is 0.747. The highest BCUT2D eigenvalue weighted by atomic mass is 19.4. The molecular weight excluding hydrogens is 335 g/mol. The molecule has 0 aliphatic heterocycles. The van der Waals surface area contributed by atoms with Gasteiger partial charge in [0.2, 0.25) is 0 Å². The summed E-state index contributed by atoms with van der Waals surface area (Å²) < 4.78 is 45.9. The number of nitrogens with zero attached hydrogens (tertiary/aromatic N) is 1. The number of ether oxygens (including phenoxy) is 1. The van der Waals surface area contributed by atoms with E-state index in [1.165, 1.54) is 13.3 Å². The van der Waals surface area contributed by atoms with Crippen LogP contribution in [-0.4, -0.2) is 23.1 Å². The summed E-state index contributed by atoms with van der Waals surface area (Å²) in [6, 6.07) is 6.54. The van der Waals surface area contributed by atoms with Crippen LogP contribution in [0, 0.1) is 11.3 Å². The molecule has 2 aromatic rings. The Morgan fingerprint density at radius 2 is 1.96 bits per heavy atom. The molecule has 8 heteroatoms. The van der Waals surface area contributed by atoms with Gasteiger partial charge in [-0.1, -0.05) is 19.1 Å². The first-order valence-corrected chi connectivity index (χ1v) is 7.78. The Hall–Kier alpha value is -2.51. The van der Waals surface area contributed by atoms with E-state index in [4.69, 9.17) is 10.1 Å². The number of alkyl halides is 3. The topological polar surface area (TPSA) is 70.9 Å². The second-order valence-corrected chi connectivity index (χ2v) is 5.88. The minimum absolute atomic E-state index is 0.0983. The summed E-state index contributed by atoms with van der Waals surface area (Å²) >= 11 is 0. The maximum Gasteiger partial charge on any atom is 0.433 e. The average molecular weight is 355 g/mol. The number of aryl methyl sites for hydroxylation is 1. The van der Waals surface area contributed by atoms with Gasteiger partial charge < -0.3 is 10.1 Å². The van der Waals surface area contributed by atoms with Gasteiger partial charge in [0.1, 0.15) is 11.4 Å². The van der Waals surface area contributed by atoms with Gasteiger partial charge in [0.05, 0.1) is 12.7 Å². The first-order valence-electron chi connectivity index (χ1n) is 7.78. The predicted octanol–water partition coefficient (Wildman–Crippen LogP) is 3.47. The zero-order valence-corrected chi connectivity index (χ0v) is 14.0. The van der Waals surface area contributed by atoms with Crippen molar-refractivity contribution in [2.75, 3.05) is 7.11 Å². The number of benzene rings is 1. The summed E-state index contributed by atoms with van der Waals surface area (Å²) in [6.45, 7) is 1.87. The number of nitrogens with one attached hydrogen (secondary N) is 2. The summed E-state index contributed by atoms with van der Waals surface area (Å²) in [5.74, 6) is 0.474. The number of hydrogen-bond acceptors (Lipinski definition) is 3. The number of aromatic nitrogens is 2. The third kappa shape index (κ3) is 4.52. The number of H-pyrrole nitrogens is 1. The lowest BCUT2D eigenvalue weighted by atomic mass is 10.0. The minimum Gasteiger partial charge on any atom is -0.497 e. The maximum absolute atomic E-state index is 13.3. The van der Waals surface area contributed by atoms with Crippen molar-refractivity contribution in [3.05, 3.63) is 51.4 Å². The van der Waals surface area contributed by atoms with E-state index < -0.39 is 17.4 Å². The number of aromatic amines is 1. The summed E-state index contributed by atoms with van der Waals surface area (Å²) in [5.41, 5.74) is -1.42. The van der Waals surface area contributed by atoms with Crippen LogP contribution >= 0.6 is 0 Å². The van der Waals surface area contributed by atoms with Gasteiger partial charge in [0.25, 0.3) is 5.56 Å². The van der Waals surface area contributed by atoms with E-state index in [2.05, 4.69) is 5.10 Å². The molecule has 25 heavy (non-hydrogen) atoms. The number of methoxy groups -OCH3 is 1. The molecule has 0 radical (unpaired) electrons. The lowest BCUT2D eigenvalue weighted by Crippen LogP contribution is -2.20. The lowest BCUT2D eigenvalue weighted by molar-refractivity contribution is -0.142. The smallest absolute Gasteiger partial charge is 0.433 e. The van der Waals surface area contributed by atoms with Gasteiger partial charge in [0, 0.05) is 13.0 Å². The molecule has 0 spiro atoms. The Balaban J connectivity index is 2.35. The highest BCUT2D eigenvalue weighted by Gasteiger charge is 2.37. The van der Waals surface area contributed by atoms with Crippen molar-refractivity contribution in [2.24, 2.45) is 5.92 Å². The summed E-state index contributed by atoms with van der Waals surface area (Å²) in [5, 5.41) is 9.34. The minimum atomic E-state index is -4.64. The van der Waals surface area contributed by atoms with Crippen LogP contribution in [-0.2, 0) is 19.1 Å². The molecule has 0 fully saturated rings. The second-order valence-electron chi connectivity index (χ2n) is 5.88. The molecule has 1 unspecified atom stereocenters. The van der Waals surface area contributed by atoms with Crippen molar-refractivity contribution >= 4 is 6.21 Å². The fourth-order valence-corrected chi connectivity index (χ4v) is 2.44. The van der Waals surface area contributed by atoms with Crippen LogP contribution in [0.2, 0.25) is 0 Å². The molecule has 0 bridgehead atoms. The molecule has 1 heterocycles. The molecule has 2 N–H and O–H groups in total. The maximum atomic E-state index is 13.3. The zero-order valence-electron chi connectivity index (χ0n) is 14.0. The first kappa shape index (κ1) is 18.8. The molecule has 0 saturated carbocycles. The fourth-order valence-electron chi connectivity index (χ4n) is 2.44. The zero-order chi connectivity index (χ0) is 18.6. The van der Waals surface area contributed by atoms with Crippen molar-refractivity contribution in [2.45, 2.75) is 32.5 Å². The van der Waals surface area contributed by atoms with Crippen LogP contribution in [0.3, 0.4) is 0 Å². The molecular formula is C17H20F3N3O2. The van der Waals surface area contributed by atoms with Gasteiger partial charge in [-0.15, -0.1) is 0 Å². The monoisotopic (exact) mass is 355 g/mol. The largest absolute Gasteiger partial charge is 0.497 e. The number of rotatable bonds is 7. The summed E-state index contributed by atoms with van der Waals surface area (Å²) in [4.78, 5) is 12.4. The lowest BCUT2D eigenvalue weighted by Gasteiger charge is -2.07. The molecule has 1 atom stereocenters. The van der Waals surface area contributed by atoms with E-state index in [0.29, 0.717) is 17.7 Å². The van der Waals surface area contributed by atoms with E-state index in [-0.39, 0.29) is 24.4 Å². The van der Waals surface area contributed by atoms with E-state index in [9.17, 15) is 18.0 Å². The first-order chi connectivity index (χ1) is 11.8. The number of halogens is 3.